The molecule has 5 rings (SSSR count). The van der Waals surface area contributed by atoms with Gasteiger partial charge in [0.2, 0.25) is 0 Å². The van der Waals surface area contributed by atoms with E-state index in [1.165, 1.54) is 0 Å². The largest absolute Gasteiger partial charge is 0.506 e. The number of para-hydroxylation sites is 1. The number of nitrogens with one attached hydrogen (secondary N) is 1. The highest BCUT2D eigenvalue weighted by atomic mass is 19.4. The molecule has 0 unspecified atom stereocenters. The van der Waals surface area contributed by atoms with Crippen LogP contribution in [0.25, 0.3) is 0 Å². The molecule has 3 aromatic rings. The number of halogens is 3. The number of aromatic hydroxyl groups is 1. The van der Waals surface area contributed by atoms with Crippen molar-refractivity contribution in [2.45, 2.75) is 43.9 Å². The Bertz CT molecular complexity index is 1370. The maximum absolute atomic E-state index is 13.4. The molecule has 1 saturated heterocycles. The summed E-state index contributed by atoms with van der Waals surface area (Å²) in [7, 11) is 1.80. The molecule has 39 heavy (non-hydrogen) atoms. The van der Waals surface area contributed by atoms with Crippen molar-refractivity contribution >= 4 is 17.5 Å². The minimum Gasteiger partial charge on any atom is -0.506 e. The summed E-state index contributed by atoms with van der Waals surface area (Å²) in [6.07, 6.45) is 1.61. The third kappa shape index (κ3) is 5.41. The number of carbonyl (C=O) groups excluding carboxylic acids is 2. The number of alkyl halides is 3. The molecule has 2 amide bonds. The van der Waals surface area contributed by atoms with Crippen LogP contribution in [-0.2, 0) is 12.6 Å². The molecule has 1 aliphatic heterocycles. The second kappa shape index (κ2) is 10.6. The fourth-order valence-electron chi connectivity index (χ4n) is 5.51. The zero-order chi connectivity index (χ0) is 27.7. The number of piperidine rings is 1. The smallest absolute Gasteiger partial charge is 0.419 e. The summed E-state index contributed by atoms with van der Waals surface area (Å²) >= 11 is 0. The van der Waals surface area contributed by atoms with Crippen LogP contribution in [0, 0.1) is 0 Å². The van der Waals surface area contributed by atoms with Gasteiger partial charge in [0.25, 0.3) is 11.8 Å². The monoisotopic (exact) mass is 538 g/mol. The normalized spacial score (nSPS) is 17.5. The highest BCUT2D eigenvalue weighted by Crippen LogP contribution is 2.38. The first-order valence-electron chi connectivity index (χ1n) is 12.9. The van der Waals surface area contributed by atoms with Gasteiger partial charge >= 0.3 is 6.18 Å². The molecule has 0 radical (unpaired) electrons. The summed E-state index contributed by atoms with van der Waals surface area (Å²) in [4.78, 5) is 34.4. The highest BCUT2D eigenvalue weighted by Gasteiger charge is 2.36. The van der Waals surface area contributed by atoms with Crippen molar-refractivity contribution < 1.29 is 27.9 Å². The standard InChI is InChI=1S/C29H29F3N4O3/c1-35(20-11-15-36(16-12-20)21-9-13-33-14-10-21)28(39)19-6-5-18-7-8-25(23(18)17-19)34-27(38)22-3-2-4-24(26(22)37)29(30,31)32/h2-6,9-10,13-14,17,20,25,37H,7-8,11-12,15-16H2,1H3,(H,34,38)/t25-/m1/s1. The van der Waals surface area contributed by atoms with Crippen molar-refractivity contribution in [1.82, 2.24) is 15.2 Å². The van der Waals surface area contributed by atoms with Crippen molar-refractivity contribution in [1.29, 1.82) is 0 Å². The van der Waals surface area contributed by atoms with E-state index >= 15 is 0 Å². The molecule has 0 saturated carbocycles. The number of hydrogen-bond acceptors (Lipinski definition) is 5. The molecule has 1 atom stereocenters. The third-order valence-corrected chi connectivity index (χ3v) is 7.72. The van der Waals surface area contributed by atoms with Crippen LogP contribution in [0.1, 0.15) is 62.7 Å². The maximum Gasteiger partial charge on any atom is 0.419 e. The van der Waals surface area contributed by atoms with Gasteiger partial charge in [0.15, 0.2) is 0 Å². The topological polar surface area (TPSA) is 85.8 Å². The van der Waals surface area contributed by atoms with Crippen molar-refractivity contribution in [2.75, 3.05) is 25.0 Å². The number of aromatic nitrogens is 1. The lowest BCUT2D eigenvalue weighted by molar-refractivity contribution is -0.138. The Hall–Kier alpha value is -4.08. The van der Waals surface area contributed by atoms with Crippen LogP contribution >= 0.6 is 0 Å². The lowest BCUT2D eigenvalue weighted by atomic mass is 10.00. The van der Waals surface area contributed by atoms with Crippen molar-refractivity contribution in [3.8, 4) is 5.75 Å². The molecular weight excluding hydrogens is 509 g/mol. The van der Waals surface area contributed by atoms with Gasteiger partial charge in [-0.15, -0.1) is 0 Å². The zero-order valence-corrected chi connectivity index (χ0v) is 21.4. The zero-order valence-electron chi connectivity index (χ0n) is 21.4. The Morgan fingerprint density at radius 3 is 2.46 bits per heavy atom. The van der Waals surface area contributed by atoms with Gasteiger partial charge in [0.1, 0.15) is 5.75 Å². The van der Waals surface area contributed by atoms with E-state index in [1.54, 1.807) is 36.5 Å². The average molecular weight is 539 g/mol. The van der Waals surface area contributed by atoms with Crippen LogP contribution in [-0.4, -0.2) is 53.0 Å². The molecule has 7 nitrogen and oxygen atoms in total. The Kier molecular flexibility index (Phi) is 7.20. The molecule has 0 bridgehead atoms. The van der Waals surface area contributed by atoms with Crippen LogP contribution in [0.5, 0.6) is 5.75 Å². The van der Waals surface area contributed by atoms with Gasteiger partial charge in [-0.05, 0) is 73.2 Å². The number of phenols is 1. The number of fused-ring (bicyclic) bond motifs is 1. The summed E-state index contributed by atoms with van der Waals surface area (Å²) < 4.78 is 39.5. The van der Waals surface area contributed by atoms with Gasteiger partial charge < -0.3 is 20.2 Å². The Balaban J connectivity index is 1.27. The molecule has 2 heterocycles. The fraction of sp³-hybridized carbons (Fsp3) is 0.345. The Morgan fingerprint density at radius 2 is 1.77 bits per heavy atom. The van der Waals surface area contributed by atoms with Crippen molar-refractivity contribution in [2.24, 2.45) is 0 Å². The number of aryl methyl sites for hydroxylation is 1. The molecule has 2 N–H and O–H groups in total. The lowest BCUT2D eigenvalue weighted by Gasteiger charge is -2.38. The molecular formula is C29H29F3N4O3. The first-order chi connectivity index (χ1) is 18.6. The predicted octanol–water partition coefficient (Wildman–Crippen LogP) is 4.96. The second-order valence-corrected chi connectivity index (χ2v) is 10.0. The van der Waals surface area contributed by atoms with E-state index < -0.39 is 35.0 Å². The molecule has 1 aromatic heterocycles. The minimum atomic E-state index is -4.78. The van der Waals surface area contributed by atoms with E-state index in [2.05, 4.69) is 15.2 Å². The summed E-state index contributed by atoms with van der Waals surface area (Å²) in [5.74, 6) is -2.01. The molecule has 1 aliphatic carbocycles. The number of rotatable bonds is 5. The van der Waals surface area contributed by atoms with Crippen molar-refractivity contribution in [3.63, 3.8) is 0 Å². The molecule has 0 spiro atoms. The number of hydrogen-bond donors (Lipinski definition) is 2. The van der Waals surface area contributed by atoms with Crippen LogP contribution in [0.4, 0.5) is 18.9 Å². The SMILES string of the molecule is CN(C(=O)c1ccc2c(c1)[C@H](NC(=O)c1cccc(C(F)(F)F)c1O)CC2)C1CCN(c2ccncc2)CC1. The van der Waals surface area contributed by atoms with Gasteiger partial charge in [0.05, 0.1) is 17.2 Å². The first-order valence-corrected chi connectivity index (χ1v) is 12.9. The van der Waals surface area contributed by atoms with E-state index in [0.717, 1.165) is 60.9 Å². The van der Waals surface area contributed by atoms with E-state index in [1.807, 2.05) is 18.2 Å². The third-order valence-electron chi connectivity index (χ3n) is 7.72. The number of benzene rings is 2. The molecule has 2 aromatic carbocycles. The summed E-state index contributed by atoms with van der Waals surface area (Å²) in [6, 6.07) is 12.0. The summed E-state index contributed by atoms with van der Waals surface area (Å²) in [6.45, 7) is 1.65. The highest BCUT2D eigenvalue weighted by molar-refractivity contribution is 5.98. The van der Waals surface area contributed by atoms with Gasteiger partial charge in [-0.25, -0.2) is 0 Å². The van der Waals surface area contributed by atoms with Gasteiger partial charge in [-0.1, -0.05) is 12.1 Å². The number of phenolic OH excluding ortho intramolecular Hbond substituents is 1. The van der Waals surface area contributed by atoms with E-state index in [-0.39, 0.29) is 11.9 Å². The van der Waals surface area contributed by atoms with Crippen LogP contribution < -0.4 is 10.2 Å². The van der Waals surface area contributed by atoms with Crippen molar-refractivity contribution in [3.05, 3.63) is 88.7 Å². The number of nitrogens with zero attached hydrogens (tertiary/aromatic N) is 3. The van der Waals surface area contributed by atoms with Crippen LogP contribution in [0.3, 0.4) is 0 Å². The molecule has 204 valence electrons. The lowest BCUT2D eigenvalue weighted by Crippen LogP contribution is -2.45. The molecule has 2 aliphatic rings. The number of amides is 2. The Labute approximate surface area is 224 Å². The second-order valence-electron chi connectivity index (χ2n) is 10.0. The summed E-state index contributed by atoms with van der Waals surface area (Å²) in [5.41, 5.74) is 1.64. The van der Waals surface area contributed by atoms with Gasteiger partial charge in [-0.2, -0.15) is 13.2 Å². The number of anilines is 1. The van der Waals surface area contributed by atoms with E-state index in [9.17, 15) is 27.9 Å². The van der Waals surface area contributed by atoms with E-state index in [0.29, 0.717) is 18.4 Å². The first kappa shape index (κ1) is 26.5. The van der Waals surface area contributed by atoms with Crippen LogP contribution in [0.15, 0.2) is 60.9 Å². The minimum absolute atomic E-state index is 0.0863. The Morgan fingerprint density at radius 1 is 1.05 bits per heavy atom. The predicted molar refractivity (Wildman–Crippen MR) is 140 cm³/mol. The van der Waals surface area contributed by atoms with Gasteiger partial charge in [-0.3, -0.25) is 14.6 Å². The average Bonchev–Trinajstić information content (AvgIpc) is 3.34. The molecule has 10 heteroatoms. The van der Waals surface area contributed by atoms with Crippen LogP contribution in [0.2, 0.25) is 0 Å². The molecule has 1 fully saturated rings. The maximum atomic E-state index is 13.4. The summed E-state index contributed by atoms with van der Waals surface area (Å²) in [5, 5.41) is 12.9. The van der Waals surface area contributed by atoms with Gasteiger partial charge in [0, 0.05) is 49.8 Å². The number of pyridine rings is 1. The fourth-order valence-corrected chi connectivity index (χ4v) is 5.51. The number of carbonyl (C=O) groups is 2. The quantitative estimate of drug-likeness (QED) is 0.480. The van der Waals surface area contributed by atoms with E-state index in [4.69, 9.17) is 0 Å².